The van der Waals surface area contributed by atoms with Gasteiger partial charge in [0.1, 0.15) is 27.9 Å². The number of esters is 2. The topological polar surface area (TPSA) is 108 Å². The zero-order valence-corrected chi connectivity index (χ0v) is 17.3. The van der Waals surface area contributed by atoms with Crippen molar-refractivity contribution in [1.29, 1.82) is 0 Å². The fourth-order valence-corrected chi connectivity index (χ4v) is 3.87. The van der Waals surface area contributed by atoms with Crippen LogP contribution >= 0.6 is 0 Å². The van der Waals surface area contributed by atoms with Gasteiger partial charge < -0.3 is 24.8 Å². The second-order valence-corrected chi connectivity index (χ2v) is 7.90. The lowest BCUT2D eigenvalue weighted by Gasteiger charge is -2.36. The summed E-state index contributed by atoms with van der Waals surface area (Å²) in [6, 6.07) is 6.88. The number of para-hydroxylation sites is 1. The largest absolute Gasteiger partial charge is 0.465 e. The number of anilines is 1. The lowest BCUT2D eigenvalue weighted by molar-refractivity contribution is -0.152. The third-order valence-electron chi connectivity index (χ3n) is 4.90. The maximum atomic E-state index is 13.7. The maximum Gasteiger partial charge on any atom is 0.340 e. The number of allylic oxidation sites excluding steroid dienone is 1. The van der Waals surface area contributed by atoms with Crippen molar-refractivity contribution >= 4 is 23.5 Å². The van der Waals surface area contributed by atoms with Crippen molar-refractivity contribution in [3.05, 3.63) is 52.6 Å². The highest BCUT2D eigenvalue weighted by molar-refractivity contribution is 6.22. The monoisotopic (exact) mass is 400 g/mol. The Bertz CT molecular complexity index is 985. The number of amides is 1. The highest BCUT2D eigenvalue weighted by Gasteiger charge is 2.63. The molecular formula is C21H24N2O6. The summed E-state index contributed by atoms with van der Waals surface area (Å²) in [5.41, 5.74) is 4.03. The van der Waals surface area contributed by atoms with Crippen LogP contribution in [-0.4, -0.2) is 37.6 Å². The number of ether oxygens (including phenoxy) is 3. The van der Waals surface area contributed by atoms with E-state index in [0.717, 1.165) is 0 Å². The third kappa shape index (κ3) is 2.86. The molecule has 0 aliphatic carbocycles. The first kappa shape index (κ1) is 20.4. The van der Waals surface area contributed by atoms with Crippen LogP contribution in [-0.2, 0) is 34.0 Å². The predicted molar refractivity (Wildman–Crippen MR) is 104 cm³/mol. The quantitative estimate of drug-likeness (QED) is 0.755. The van der Waals surface area contributed by atoms with Crippen LogP contribution in [0.15, 0.2) is 47.1 Å². The number of nitrogens with zero attached hydrogens (tertiary/aromatic N) is 1. The van der Waals surface area contributed by atoms with Crippen LogP contribution in [0.3, 0.4) is 0 Å². The maximum absolute atomic E-state index is 13.7. The highest BCUT2D eigenvalue weighted by Crippen LogP contribution is 2.54. The Balaban J connectivity index is 2.41. The van der Waals surface area contributed by atoms with Gasteiger partial charge in [-0.25, -0.2) is 9.59 Å². The van der Waals surface area contributed by atoms with Gasteiger partial charge in [-0.05, 0) is 33.8 Å². The van der Waals surface area contributed by atoms with E-state index < -0.39 is 28.9 Å². The summed E-state index contributed by atoms with van der Waals surface area (Å²) in [5.74, 6) is -2.37. The van der Waals surface area contributed by atoms with Gasteiger partial charge in [0.05, 0.1) is 7.11 Å². The number of nitrogens with two attached hydrogens (primary N) is 1. The van der Waals surface area contributed by atoms with Crippen LogP contribution in [0.5, 0.6) is 0 Å². The minimum atomic E-state index is -1.83. The second kappa shape index (κ2) is 6.65. The molecule has 3 rings (SSSR count). The minimum absolute atomic E-state index is 0.0860. The number of likely N-dealkylation sites (N-methyl/N-ethyl adjacent to an activating group) is 1. The molecule has 2 aliphatic rings. The zero-order chi connectivity index (χ0) is 21.7. The first-order valence-corrected chi connectivity index (χ1v) is 9.05. The number of benzene rings is 1. The van der Waals surface area contributed by atoms with Gasteiger partial charge in [-0.1, -0.05) is 18.2 Å². The Labute approximate surface area is 168 Å². The average molecular weight is 400 g/mol. The first-order valence-electron chi connectivity index (χ1n) is 9.05. The molecule has 0 fully saturated rings. The molecule has 0 saturated carbocycles. The number of hydrogen-bond acceptors (Lipinski definition) is 7. The molecule has 1 aromatic carbocycles. The number of methoxy groups -OCH3 is 1. The Hall–Kier alpha value is -3.29. The molecule has 8 nitrogen and oxygen atoms in total. The van der Waals surface area contributed by atoms with Crippen molar-refractivity contribution in [2.45, 2.75) is 38.7 Å². The van der Waals surface area contributed by atoms with Crippen LogP contribution in [0.4, 0.5) is 5.69 Å². The molecule has 2 heterocycles. The SMILES string of the molecule is COC(=O)C1=C(N)OC(C)=C(C(=O)OC(C)(C)C)[C@]12C(=O)N(C)c1ccccc12. The van der Waals surface area contributed by atoms with Crippen LogP contribution in [0.25, 0.3) is 0 Å². The van der Waals surface area contributed by atoms with E-state index in [1.807, 2.05) is 0 Å². The predicted octanol–water partition coefficient (Wildman–Crippen LogP) is 1.89. The van der Waals surface area contributed by atoms with Crippen LogP contribution in [0.1, 0.15) is 33.3 Å². The molecule has 0 radical (unpaired) electrons. The number of rotatable bonds is 2. The summed E-state index contributed by atoms with van der Waals surface area (Å²) < 4.78 is 16.0. The Morgan fingerprint density at radius 3 is 2.34 bits per heavy atom. The molecule has 0 bridgehead atoms. The molecule has 1 spiro atoms. The van der Waals surface area contributed by atoms with Gasteiger partial charge in [-0.3, -0.25) is 4.79 Å². The number of fused-ring (bicyclic) bond motifs is 2. The van der Waals surface area contributed by atoms with Crippen molar-refractivity contribution < 1.29 is 28.6 Å². The molecule has 1 atom stereocenters. The number of carbonyl (C=O) groups is 3. The van der Waals surface area contributed by atoms with E-state index in [4.69, 9.17) is 19.9 Å². The van der Waals surface area contributed by atoms with Gasteiger partial charge in [0.15, 0.2) is 0 Å². The minimum Gasteiger partial charge on any atom is -0.465 e. The molecule has 2 aliphatic heterocycles. The highest BCUT2D eigenvalue weighted by atomic mass is 16.6. The number of hydrogen-bond donors (Lipinski definition) is 1. The van der Waals surface area contributed by atoms with Crippen molar-refractivity contribution in [2.75, 3.05) is 19.1 Å². The average Bonchev–Trinajstić information content (AvgIpc) is 2.83. The fraction of sp³-hybridized carbons (Fsp3) is 0.381. The zero-order valence-electron chi connectivity index (χ0n) is 17.3. The van der Waals surface area contributed by atoms with Crippen LogP contribution in [0, 0.1) is 0 Å². The normalized spacial score (nSPS) is 21.3. The smallest absolute Gasteiger partial charge is 0.340 e. The van der Waals surface area contributed by atoms with Gasteiger partial charge in [-0.15, -0.1) is 0 Å². The van der Waals surface area contributed by atoms with Gasteiger partial charge >= 0.3 is 11.9 Å². The van der Waals surface area contributed by atoms with E-state index in [2.05, 4.69) is 0 Å². The molecular weight excluding hydrogens is 376 g/mol. The number of carbonyl (C=O) groups excluding carboxylic acids is 3. The molecule has 1 aromatic rings. The lowest BCUT2D eigenvalue weighted by Crippen LogP contribution is -2.50. The van der Waals surface area contributed by atoms with Gasteiger partial charge in [0.2, 0.25) is 11.8 Å². The molecule has 1 amide bonds. The molecule has 2 N–H and O–H groups in total. The van der Waals surface area contributed by atoms with Crippen molar-refractivity contribution in [2.24, 2.45) is 5.73 Å². The van der Waals surface area contributed by atoms with E-state index in [9.17, 15) is 14.4 Å². The van der Waals surface area contributed by atoms with Gasteiger partial charge in [-0.2, -0.15) is 0 Å². The summed E-state index contributed by atoms with van der Waals surface area (Å²) >= 11 is 0. The molecule has 154 valence electrons. The molecule has 0 unspecified atom stereocenters. The third-order valence-corrected chi connectivity index (χ3v) is 4.90. The Morgan fingerprint density at radius 1 is 1.14 bits per heavy atom. The molecule has 0 saturated heterocycles. The van der Waals surface area contributed by atoms with Crippen molar-refractivity contribution in [3.63, 3.8) is 0 Å². The lowest BCUT2D eigenvalue weighted by atomic mass is 9.67. The second-order valence-electron chi connectivity index (χ2n) is 7.90. The van der Waals surface area contributed by atoms with Gasteiger partial charge in [0, 0.05) is 18.3 Å². The molecule has 0 aromatic heterocycles. The van der Waals surface area contributed by atoms with Crippen LogP contribution < -0.4 is 10.6 Å². The summed E-state index contributed by atoms with van der Waals surface area (Å²) in [4.78, 5) is 41.1. The summed E-state index contributed by atoms with van der Waals surface area (Å²) in [7, 11) is 2.74. The summed E-state index contributed by atoms with van der Waals surface area (Å²) in [5, 5.41) is 0. The molecule has 8 heteroatoms. The molecule has 29 heavy (non-hydrogen) atoms. The van der Waals surface area contributed by atoms with E-state index in [0.29, 0.717) is 11.3 Å². The fourth-order valence-electron chi connectivity index (χ4n) is 3.87. The van der Waals surface area contributed by atoms with Crippen molar-refractivity contribution in [1.82, 2.24) is 0 Å². The Morgan fingerprint density at radius 2 is 1.76 bits per heavy atom. The Kier molecular flexibility index (Phi) is 4.69. The first-order chi connectivity index (χ1) is 13.5. The van der Waals surface area contributed by atoms with Crippen molar-refractivity contribution in [3.8, 4) is 0 Å². The standard InChI is InChI=1S/C21H24N2O6/c1-11-14(18(25)29-20(2,3)4)21(15(16(22)28-11)17(24)27-6)12-9-7-8-10-13(12)23(5)19(21)26/h7-10H,22H2,1-6H3/t21-/m0/s1. The van der Waals surface area contributed by atoms with Crippen LogP contribution in [0.2, 0.25) is 0 Å². The van der Waals surface area contributed by atoms with Gasteiger partial charge in [0.25, 0.3) is 0 Å². The summed E-state index contributed by atoms with van der Waals surface area (Å²) in [6.07, 6.45) is 0. The van der Waals surface area contributed by atoms with E-state index in [-0.39, 0.29) is 22.8 Å². The van der Waals surface area contributed by atoms with E-state index in [1.165, 1.54) is 18.9 Å². The van der Waals surface area contributed by atoms with E-state index >= 15 is 0 Å². The summed E-state index contributed by atoms with van der Waals surface area (Å²) in [6.45, 7) is 6.63. The van der Waals surface area contributed by atoms with E-state index in [1.54, 1.807) is 52.1 Å².